The van der Waals surface area contributed by atoms with Crippen LogP contribution in [0.1, 0.15) is 24.0 Å². The normalized spacial score (nSPS) is 20.0. The molecule has 1 aromatic carbocycles. The standard InChI is InChI=1S/C13H13F3N2O3S/c14-13(15,16)12-6-11(4-3-9(12)7-17)22(20,21)18-5-1-2-10(18)8-19/h3-4,6,10,19H,1-2,5,8H2/t10-/m1/s1. The Morgan fingerprint density at radius 3 is 2.64 bits per heavy atom. The van der Waals surface area contributed by atoms with Crippen molar-refractivity contribution >= 4 is 10.0 Å². The van der Waals surface area contributed by atoms with Crippen molar-refractivity contribution in [1.82, 2.24) is 4.31 Å². The van der Waals surface area contributed by atoms with Crippen LogP contribution in [0.2, 0.25) is 0 Å². The molecule has 0 aliphatic carbocycles. The molecule has 1 aliphatic heterocycles. The molecule has 0 radical (unpaired) electrons. The van der Waals surface area contributed by atoms with Crippen molar-refractivity contribution in [2.24, 2.45) is 0 Å². The fourth-order valence-corrected chi connectivity index (χ4v) is 4.17. The molecule has 2 rings (SSSR count). The summed E-state index contributed by atoms with van der Waals surface area (Å²) in [7, 11) is -4.14. The van der Waals surface area contributed by atoms with E-state index in [0.29, 0.717) is 18.9 Å². The van der Waals surface area contributed by atoms with Crippen LogP contribution in [0, 0.1) is 11.3 Å². The molecule has 1 aliphatic rings. The summed E-state index contributed by atoms with van der Waals surface area (Å²) in [6.45, 7) is -0.240. The van der Waals surface area contributed by atoms with E-state index in [4.69, 9.17) is 5.26 Å². The highest BCUT2D eigenvalue weighted by atomic mass is 32.2. The maximum atomic E-state index is 12.9. The van der Waals surface area contributed by atoms with Crippen LogP contribution in [0.3, 0.4) is 0 Å². The third kappa shape index (κ3) is 2.95. The first-order valence-corrected chi connectivity index (χ1v) is 7.90. The summed E-state index contributed by atoms with van der Waals surface area (Å²) >= 11 is 0. The molecule has 9 heteroatoms. The van der Waals surface area contributed by atoms with Crippen LogP contribution in [-0.4, -0.2) is 37.0 Å². The molecule has 0 aromatic heterocycles. The van der Waals surface area contributed by atoms with Gasteiger partial charge >= 0.3 is 6.18 Å². The Labute approximate surface area is 125 Å². The number of halogens is 3. The van der Waals surface area contributed by atoms with Crippen LogP contribution in [0.4, 0.5) is 13.2 Å². The molecular formula is C13H13F3N2O3S. The number of nitrogens with zero attached hydrogens (tertiary/aromatic N) is 2. The molecule has 1 fully saturated rings. The average Bonchev–Trinajstić information content (AvgIpc) is 2.94. The number of aliphatic hydroxyl groups is 1. The molecule has 1 saturated heterocycles. The minimum atomic E-state index is -4.82. The number of hydrogen-bond donors (Lipinski definition) is 1. The number of aliphatic hydroxyl groups excluding tert-OH is 1. The topological polar surface area (TPSA) is 81.4 Å². The van der Waals surface area contributed by atoms with Crippen molar-refractivity contribution in [3.05, 3.63) is 29.3 Å². The van der Waals surface area contributed by atoms with Crippen molar-refractivity contribution < 1.29 is 26.7 Å². The molecule has 0 unspecified atom stereocenters. The molecule has 5 nitrogen and oxygen atoms in total. The molecule has 0 saturated carbocycles. The Bertz CT molecular complexity index is 710. The summed E-state index contributed by atoms with van der Waals surface area (Å²) in [6.07, 6.45) is -3.83. The van der Waals surface area contributed by atoms with E-state index >= 15 is 0 Å². The monoisotopic (exact) mass is 334 g/mol. The Morgan fingerprint density at radius 2 is 2.09 bits per heavy atom. The van der Waals surface area contributed by atoms with E-state index in [9.17, 15) is 26.7 Å². The third-order valence-electron chi connectivity index (χ3n) is 3.56. The molecule has 1 heterocycles. The smallest absolute Gasteiger partial charge is 0.395 e. The number of sulfonamides is 1. The van der Waals surface area contributed by atoms with Gasteiger partial charge in [-0.3, -0.25) is 0 Å². The summed E-state index contributed by atoms with van der Waals surface area (Å²) in [4.78, 5) is -0.529. The van der Waals surface area contributed by atoms with Gasteiger partial charge in [0.2, 0.25) is 10.0 Å². The quantitative estimate of drug-likeness (QED) is 0.913. The lowest BCUT2D eigenvalue weighted by atomic mass is 10.1. The minimum Gasteiger partial charge on any atom is -0.395 e. The van der Waals surface area contributed by atoms with Crippen molar-refractivity contribution in [3.8, 4) is 6.07 Å². The van der Waals surface area contributed by atoms with Crippen molar-refractivity contribution in [2.45, 2.75) is 30.0 Å². The first-order chi connectivity index (χ1) is 10.2. The number of alkyl halides is 3. The van der Waals surface area contributed by atoms with E-state index in [1.165, 1.54) is 6.07 Å². The number of benzene rings is 1. The fraction of sp³-hybridized carbons (Fsp3) is 0.462. The Morgan fingerprint density at radius 1 is 1.41 bits per heavy atom. The van der Waals surface area contributed by atoms with Gasteiger partial charge in [-0.15, -0.1) is 0 Å². The van der Waals surface area contributed by atoms with Gasteiger partial charge in [-0.1, -0.05) is 0 Å². The maximum Gasteiger partial charge on any atom is 0.417 e. The number of nitriles is 1. The first-order valence-electron chi connectivity index (χ1n) is 6.46. The molecule has 1 aromatic rings. The summed E-state index contributed by atoms with van der Waals surface area (Å²) in [5.74, 6) is 0. The van der Waals surface area contributed by atoms with Gasteiger partial charge in [-0.05, 0) is 31.0 Å². The maximum absolute atomic E-state index is 12.9. The fourth-order valence-electron chi connectivity index (χ4n) is 2.46. The molecule has 1 atom stereocenters. The highest BCUT2D eigenvalue weighted by Crippen LogP contribution is 2.34. The second kappa shape index (κ2) is 5.87. The lowest BCUT2D eigenvalue weighted by Crippen LogP contribution is -2.37. The van der Waals surface area contributed by atoms with Crippen molar-refractivity contribution in [3.63, 3.8) is 0 Å². The van der Waals surface area contributed by atoms with E-state index < -0.39 is 38.3 Å². The SMILES string of the molecule is N#Cc1ccc(S(=O)(=O)N2CCC[C@@H]2CO)cc1C(F)(F)F. The zero-order valence-electron chi connectivity index (χ0n) is 11.3. The Balaban J connectivity index is 2.51. The van der Waals surface area contributed by atoms with Gasteiger partial charge in [0, 0.05) is 12.6 Å². The van der Waals surface area contributed by atoms with Gasteiger partial charge in [-0.2, -0.15) is 22.7 Å². The summed E-state index contributed by atoms with van der Waals surface area (Å²) in [5.41, 5.74) is -1.91. The zero-order chi connectivity index (χ0) is 16.5. The van der Waals surface area contributed by atoms with Crippen LogP contribution in [0.25, 0.3) is 0 Å². The Kier molecular flexibility index (Phi) is 4.47. The highest BCUT2D eigenvalue weighted by molar-refractivity contribution is 7.89. The lowest BCUT2D eigenvalue weighted by Gasteiger charge is -2.23. The van der Waals surface area contributed by atoms with Crippen LogP contribution >= 0.6 is 0 Å². The van der Waals surface area contributed by atoms with Crippen molar-refractivity contribution in [1.29, 1.82) is 5.26 Å². The van der Waals surface area contributed by atoms with Gasteiger partial charge in [0.1, 0.15) is 0 Å². The van der Waals surface area contributed by atoms with Gasteiger partial charge in [0.05, 0.1) is 28.7 Å². The zero-order valence-corrected chi connectivity index (χ0v) is 12.2. The Hall–Kier alpha value is -1.63. The highest BCUT2D eigenvalue weighted by Gasteiger charge is 2.38. The van der Waals surface area contributed by atoms with Gasteiger partial charge in [0.15, 0.2) is 0 Å². The van der Waals surface area contributed by atoms with E-state index in [1.807, 2.05) is 0 Å². The van der Waals surface area contributed by atoms with Gasteiger partial charge in [0.25, 0.3) is 0 Å². The number of hydrogen-bond acceptors (Lipinski definition) is 4. The largest absolute Gasteiger partial charge is 0.417 e. The van der Waals surface area contributed by atoms with Crippen molar-refractivity contribution in [2.75, 3.05) is 13.2 Å². The predicted octanol–water partition coefficient (Wildman–Crippen LogP) is 1.72. The molecule has 22 heavy (non-hydrogen) atoms. The average molecular weight is 334 g/mol. The second-order valence-electron chi connectivity index (χ2n) is 4.91. The second-order valence-corrected chi connectivity index (χ2v) is 6.80. The predicted molar refractivity (Wildman–Crippen MR) is 70.2 cm³/mol. The van der Waals surface area contributed by atoms with Crippen LogP contribution in [-0.2, 0) is 16.2 Å². The third-order valence-corrected chi connectivity index (χ3v) is 5.51. The summed E-state index contributed by atoms with van der Waals surface area (Å²) in [5, 5.41) is 17.9. The van der Waals surface area contributed by atoms with E-state index in [2.05, 4.69) is 0 Å². The molecule has 0 amide bonds. The lowest BCUT2D eigenvalue weighted by molar-refractivity contribution is -0.137. The number of rotatable bonds is 3. The first kappa shape index (κ1) is 16.7. The van der Waals surface area contributed by atoms with Gasteiger partial charge < -0.3 is 5.11 Å². The van der Waals surface area contributed by atoms with Crippen LogP contribution in [0.5, 0.6) is 0 Å². The van der Waals surface area contributed by atoms with E-state index in [0.717, 1.165) is 16.4 Å². The van der Waals surface area contributed by atoms with Crippen LogP contribution in [0.15, 0.2) is 23.1 Å². The van der Waals surface area contributed by atoms with E-state index in [-0.39, 0.29) is 13.2 Å². The molecular weight excluding hydrogens is 321 g/mol. The van der Waals surface area contributed by atoms with E-state index in [1.54, 1.807) is 0 Å². The molecule has 0 spiro atoms. The summed E-state index contributed by atoms with van der Waals surface area (Å²) < 4.78 is 64.7. The minimum absolute atomic E-state index is 0.148. The molecule has 0 bridgehead atoms. The molecule has 1 N–H and O–H groups in total. The molecule has 120 valence electrons. The van der Waals surface area contributed by atoms with Crippen LogP contribution < -0.4 is 0 Å². The summed E-state index contributed by atoms with van der Waals surface area (Å²) in [6, 6.07) is 3.07. The van der Waals surface area contributed by atoms with Gasteiger partial charge in [-0.25, -0.2) is 8.42 Å².